The zero-order valence-electron chi connectivity index (χ0n) is 12.8. The van der Waals surface area contributed by atoms with Crippen LogP contribution in [0.4, 0.5) is 5.69 Å². The van der Waals surface area contributed by atoms with Crippen molar-refractivity contribution in [3.63, 3.8) is 0 Å². The van der Waals surface area contributed by atoms with E-state index in [4.69, 9.17) is 4.74 Å². The molecular formula is C17H17NO4S. The number of thioether (sulfide) groups is 1. The molecule has 2 N–H and O–H groups in total. The highest BCUT2D eigenvalue weighted by Crippen LogP contribution is 2.28. The topological polar surface area (TPSA) is 75.6 Å². The highest BCUT2D eigenvalue weighted by Gasteiger charge is 2.18. The lowest BCUT2D eigenvalue weighted by atomic mass is 10.2. The average Bonchev–Trinajstić information content (AvgIpc) is 2.55. The van der Waals surface area contributed by atoms with Gasteiger partial charge >= 0.3 is 5.97 Å². The predicted octanol–water partition coefficient (Wildman–Crippen LogP) is 3.51. The van der Waals surface area contributed by atoms with E-state index in [1.807, 2.05) is 0 Å². The Balaban J connectivity index is 2.07. The van der Waals surface area contributed by atoms with Gasteiger partial charge in [-0.05, 0) is 31.2 Å². The van der Waals surface area contributed by atoms with Gasteiger partial charge < -0.3 is 15.2 Å². The third-order valence-electron chi connectivity index (χ3n) is 3.13. The zero-order chi connectivity index (χ0) is 16.8. The zero-order valence-corrected chi connectivity index (χ0v) is 13.6. The van der Waals surface area contributed by atoms with Crippen molar-refractivity contribution in [3.05, 3.63) is 54.1 Å². The Morgan fingerprint density at radius 2 is 1.91 bits per heavy atom. The lowest BCUT2D eigenvalue weighted by Gasteiger charge is -2.13. The molecule has 0 fully saturated rings. The van der Waals surface area contributed by atoms with Crippen LogP contribution in [-0.2, 0) is 4.79 Å². The number of hydrogen-bond donors (Lipinski definition) is 2. The molecule has 2 aromatic carbocycles. The van der Waals surface area contributed by atoms with Gasteiger partial charge in [-0.15, -0.1) is 11.8 Å². The number of anilines is 1. The number of nitrogens with one attached hydrogen (secondary N) is 1. The second-order valence-corrected chi connectivity index (χ2v) is 6.17. The number of carboxylic acid groups (broad SMARTS) is 1. The van der Waals surface area contributed by atoms with Gasteiger partial charge in [0.15, 0.2) is 0 Å². The van der Waals surface area contributed by atoms with E-state index < -0.39 is 11.2 Å². The number of hydrogen-bond acceptors (Lipinski definition) is 4. The fraction of sp³-hybridized carbons (Fsp3) is 0.176. The van der Waals surface area contributed by atoms with Crippen LogP contribution in [0.1, 0.15) is 17.3 Å². The van der Waals surface area contributed by atoms with Gasteiger partial charge in [0.25, 0.3) is 0 Å². The van der Waals surface area contributed by atoms with E-state index in [-0.39, 0.29) is 11.5 Å². The number of methoxy groups -OCH3 is 1. The molecule has 1 atom stereocenters. The minimum atomic E-state index is -1.01. The summed E-state index contributed by atoms with van der Waals surface area (Å²) in [7, 11) is 1.56. The van der Waals surface area contributed by atoms with Crippen LogP contribution in [0.2, 0.25) is 0 Å². The number of ether oxygens (including phenoxy) is 1. The van der Waals surface area contributed by atoms with Crippen LogP contribution in [0.15, 0.2) is 53.4 Å². The molecule has 0 bridgehead atoms. The summed E-state index contributed by atoms with van der Waals surface area (Å²) in [6.45, 7) is 1.73. The highest BCUT2D eigenvalue weighted by atomic mass is 32.2. The number of amides is 1. The first-order valence-electron chi connectivity index (χ1n) is 6.95. The smallest absolute Gasteiger partial charge is 0.336 e. The van der Waals surface area contributed by atoms with Crippen molar-refractivity contribution in [1.82, 2.24) is 0 Å². The second kappa shape index (κ2) is 7.69. The van der Waals surface area contributed by atoms with Crippen molar-refractivity contribution >= 4 is 29.3 Å². The maximum Gasteiger partial charge on any atom is 0.336 e. The minimum Gasteiger partial charge on any atom is -0.497 e. The molecular weight excluding hydrogens is 314 g/mol. The van der Waals surface area contributed by atoms with Crippen molar-refractivity contribution in [3.8, 4) is 5.75 Å². The molecule has 5 nitrogen and oxygen atoms in total. The Bertz CT molecular complexity index is 717. The van der Waals surface area contributed by atoms with E-state index in [1.165, 1.54) is 17.8 Å². The lowest BCUT2D eigenvalue weighted by molar-refractivity contribution is -0.115. The third kappa shape index (κ3) is 4.50. The first-order chi connectivity index (χ1) is 11.0. The molecule has 0 saturated heterocycles. The molecule has 2 rings (SSSR count). The summed E-state index contributed by atoms with van der Waals surface area (Å²) >= 11 is 1.21. The molecule has 0 unspecified atom stereocenters. The number of rotatable bonds is 6. The number of carboxylic acids is 1. The first kappa shape index (κ1) is 16.9. The summed E-state index contributed by atoms with van der Waals surface area (Å²) in [5, 5.41) is 11.5. The molecule has 0 aliphatic heterocycles. The molecule has 2 aromatic rings. The quantitative estimate of drug-likeness (QED) is 0.792. The van der Waals surface area contributed by atoms with Crippen molar-refractivity contribution in [2.75, 3.05) is 12.4 Å². The van der Waals surface area contributed by atoms with E-state index in [2.05, 4.69) is 5.32 Å². The molecule has 23 heavy (non-hydrogen) atoms. The van der Waals surface area contributed by atoms with Crippen molar-refractivity contribution in [2.24, 2.45) is 0 Å². The van der Waals surface area contributed by atoms with E-state index in [9.17, 15) is 14.7 Å². The van der Waals surface area contributed by atoms with E-state index in [0.29, 0.717) is 16.3 Å². The summed E-state index contributed by atoms with van der Waals surface area (Å²) in [4.78, 5) is 24.0. The molecule has 6 heteroatoms. The predicted molar refractivity (Wildman–Crippen MR) is 90.3 cm³/mol. The van der Waals surface area contributed by atoms with Gasteiger partial charge in [0.1, 0.15) is 5.75 Å². The number of carbonyl (C=O) groups excluding carboxylic acids is 1. The second-order valence-electron chi connectivity index (χ2n) is 4.78. The average molecular weight is 331 g/mol. The van der Waals surface area contributed by atoms with Crippen molar-refractivity contribution in [1.29, 1.82) is 0 Å². The molecule has 0 spiro atoms. The van der Waals surface area contributed by atoms with Gasteiger partial charge in [-0.25, -0.2) is 4.79 Å². The normalized spacial score (nSPS) is 11.6. The monoisotopic (exact) mass is 331 g/mol. The van der Waals surface area contributed by atoms with Gasteiger partial charge in [-0.3, -0.25) is 4.79 Å². The summed E-state index contributed by atoms with van der Waals surface area (Å²) in [6.07, 6.45) is 0. The summed E-state index contributed by atoms with van der Waals surface area (Å²) in [5.41, 5.74) is 0.826. The van der Waals surface area contributed by atoms with Crippen LogP contribution < -0.4 is 10.1 Å². The Labute approximate surface area is 138 Å². The van der Waals surface area contributed by atoms with Gasteiger partial charge in [0.2, 0.25) is 5.91 Å². The lowest BCUT2D eigenvalue weighted by Crippen LogP contribution is -2.22. The Hall–Kier alpha value is -2.47. The summed E-state index contributed by atoms with van der Waals surface area (Å²) in [5.74, 6) is -0.559. The molecule has 0 aliphatic rings. The Morgan fingerprint density at radius 3 is 2.61 bits per heavy atom. The molecule has 0 aromatic heterocycles. The van der Waals surface area contributed by atoms with Crippen molar-refractivity contribution < 1.29 is 19.4 Å². The molecule has 1 amide bonds. The maximum absolute atomic E-state index is 12.3. The number of carbonyl (C=O) groups is 2. The van der Waals surface area contributed by atoms with Gasteiger partial charge in [0.05, 0.1) is 17.9 Å². The maximum atomic E-state index is 12.3. The molecule has 0 heterocycles. The van der Waals surface area contributed by atoms with Crippen LogP contribution in [0.5, 0.6) is 5.75 Å². The number of aromatic carboxylic acids is 1. The largest absolute Gasteiger partial charge is 0.497 e. The standard InChI is InChI=1S/C17H17NO4S/c1-11(23-15-9-4-3-8-14(15)17(20)21)16(19)18-12-6-5-7-13(10-12)22-2/h3-11H,1-2H3,(H,18,19)(H,20,21)/t11-/m1/s1. The van der Waals surface area contributed by atoms with E-state index >= 15 is 0 Å². The fourth-order valence-electron chi connectivity index (χ4n) is 1.93. The summed E-state index contributed by atoms with van der Waals surface area (Å²) < 4.78 is 5.11. The molecule has 120 valence electrons. The third-order valence-corrected chi connectivity index (χ3v) is 4.31. The summed E-state index contributed by atoms with van der Waals surface area (Å²) in [6, 6.07) is 13.7. The highest BCUT2D eigenvalue weighted by molar-refractivity contribution is 8.00. The number of benzene rings is 2. The molecule has 0 aliphatic carbocycles. The Morgan fingerprint density at radius 1 is 1.17 bits per heavy atom. The van der Waals surface area contributed by atoms with E-state index in [0.717, 1.165) is 0 Å². The molecule has 0 saturated carbocycles. The Kier molecular flexibility index (Phi) is 5.65. The van der Waals surface area contributed by atoms with Crippen LogP contribution >= 0.6 is 11.8 Å². The van der Waals surface area contributed by atoms with Gasteiger partial charge in [-0.2, -0.15) is 0 Å². The fourth-order valence-corrected chi connectivity index (χ4v) is 2.92. The van der Waals surface area contributed by atoms with Crippen LogP contribution in [0.25, 0.3) is 0 Å². The SMILES string of the molecule is COc1cccc(NC(=O)[C@@H](C)Sc2ccccc2C(=O)O)c1. The van der Waals surface area contributed by atoms with Gasteiger partial charge in [-0.1, -0.05) is 18.2 Å². The van der Waals surface area contributed by atoms with Crippen LogP contribution in [-0.4, -0.2) is 29.3 Å². The molecule has 0 radical (unpaired) electrons. The first-order valence-corrected chi connectivity index (χ1v) is 7.83. The van der Waals surface area contributed by atoms with Gasteiger partial charge in [0, 0.05) is 16.6 Å². The minimum absolute atomic E-state index is 0.193. The van der Waals surface area contributed by atoms with Crippen molar-refractivity contribution in [2.45, 2.75) is 17.1 Å². The van der Waals surface area contributed by atoms with E-state index in [1.54, 1.807) is 56.5 Å². The van der Waals surface area contributed by atoms with Crippen LogP contribution in [0, 0.1) is 0 Å². The van der Waals surface area contributed by atoms with Crippen LogP contribution in [0.3, 0.4) is 0 Å².